The quantitative estimate of drug-likeness (QED) is 0.521. The van der Waals surface area contributed by atoms with E-state index in [1.54, 1.807) is 6.08 Å². The Morgan fingerprint density at radius 1 is 0.941 bits per heavy atom. The number of fused-ring (bicyclic) bond motifs is 1. The van der Waals surface area contributed by atoms with Crippen LogP contribution in [0.1, 0.15) is 28.8 Å². The molecule has 2 aliphatic heterocycles. The molecule has 5 rings (SSSR count). The van der Waals surface area contributed by atoms with Gasteiger partial charge in [0.2, 0.25) is 11.8 Å². The molecule has 2 aromatic carbocycles. The molecule has 2 amide bonds. The number of nitrogens with zero attached hydrogens (tertiary/aromatic N) is 2. The Morgan fingerprint density at radius 3 is 2.47 bits per heavy atom. The van der Waals surface area contributed by atoms with Gasteiger partial charge in [0.25, 0.3) is 0 Å². The summed E-state index contributed by atoms with van der Waals surface area (Å²) in [6, 6.07) is 20.2. The lowest BCUT2D eigenvalue weighted by atomic mass is 9.95. The number of thiophene rings is 1. The zero-order valence-corrected chi connectivity index (χ0v) is 20.0. The van der Waals surface area contributed by atoms with E-state index in [2.05, 4.69) is 33.8 Å². The SMILES string of the molecule is O=C(Nc1ccc(N2CCc3sccc3C2)cc1)C1CCN(C(=O)/C=C/c2ccccc2)CC1. The second-order valence-electron chi connectivity index (χ2n) is 8.92. The number of hydrogen-bond acceptors (Lipinski definition) is 4. The Hall–Kier alpha value is -3.38. The lowest BCUT2D eigenvalue weighted by Gasteiger charge is -2.31. The first kappa shape index (κ1) is 22.4. The van der Waals surface area contributed by atoms with Gasteiger partial charge in [0, 0.05) is 54.4 Å². The van der Waals surface area contributed by atoms with Crippen LogP contribution in [-0.4, -0.2) is 36.3 Å². The van der Waals surface area contributed by atoms with Crippen molar-refractivity contribution in [2.24, 2.45) is 5.92 Å². The van der Waals surface area contributed by atoms with Gasteiger partial charge in [-0.15, -0.1) is 11.3 Å². The molecular weight excluding hydrogens is 442 g/mol. The summed E-state index contributed by atoms with van der Waals surface area (Å²) in [5, 5.41) is 5.25. The van der Waals surface area contributed by atoms with E-state index in [0.717, 1.165) is 30.8 Å². The van der Waals surface area contributed by atoms with E-state index < -0.39 is 0 Å². The summed E-state index contributed by atoms with van der Waals surface area (Å²) in [5.41, 5.74) is 4.44. The fourth-order valence-corrected chi connectivity index (χ4v) is 5.56. The zero-order chi connectivity index (χ0) is 23.3. The summed E-state index contributed by atoms with van der Waals surface area (Å²) in [6.07, 6.45) is 5.93. The molecule has 0 unspecified atom stereocenters. The van der Waals surface area contributed by atoms with Gasteiger partial charge < -0.3 is 15.1 Å². The fraction of sp³-hybridized carbons (Fsp3) is 0.286. The third-order valence-corrected chi connectivity index (χ3v) is 7.73. The smallest absolute Gasteiger partial charge is 0.246 e. The van der Waals surface area contributed by atoms with Crippen LogP contribution in [0.4, 0.5) is 11.4 Å². The van der Waals surface area contributed by atoms with Crippen LogP contribution in [-0.2, 0) is 22.6 Å². The lowest BCUT2D eigenvalue weighted by Crippen LogP contribution is -2.40. The largest absolute Gasteiger partial charge is 0.367 e. The molecule has 1 aromatic heterocycles. The second-order valence-corrected chi connectivity index (χ2v) is 9.92. The number of benzene rings is 2. The van der Waals surface area contributed by atoms with E-state index in [1.807, 2.05) is 64.8 Å². The summed E-state index contributed by atoms with van der Waals surface area (Å²) in [4.78, 5) is 31.0. The third kappa shape index (κ3) is 5.23. The second kappa shape index (κ2) is 10.3. The van der Waals surface area contributed by atoms with Gasteiger partial charge in [0.1, 0.15) is 0 Å². The molecule has 0 atom stereocenters. The number of anilines is 2. The van der Waals surface area contributed by atoms with Gasteiger partial charge in [0.05, 0.1) is 0 Å². The number of carbonyl (C=O) groups is 2. The highest BCUT2D eigenvalue weighted by molar-refractivity contribution is 7.10. The summed E-state index contributed by atoms with van der Waals surface area (Å²) in [5.74, 6) is -0.0212. The molecule has 1 N–H and O–H groups in total. The van der Waals surface area contributed by atoms with Gasteiger partial charge in [-0.3, -0.25) is 9.59 Å². The predicted molar refractivity (Wildman–Crippen MR) is 139 cm³/mol. The monoisotopic (exact) mass is 471 g/mol. The Balaban J connectivity index is 1.10. The molecule has 6 heteroatoms. The molecule has 0 saturated carbocycles. The molecule has 3 aromatic rings. The van der Waals surface area contributed by atoms with Gasteiger partial charge in [-0.2, -0.15) is 0 Å². The van der Waals surface area contributed by atoms with Crippen molar-refractivity contribution in [1.29, 1.82) is 0 Å². The van der Waals surface area contributed by atoms with Crippen LogP contribution >= 0.6 is 11.3 Å². The Kier molecular flexibility index (Phi) is 6.77. The number of likely N-dealkylation sites (tertiary alicyclic amines) is 1. The van der Waals surface area contributed by atoms with Crippen LogP contribution in [0.25, 0.3) is 6.08 Å². The van der Waals surface area contributed by atoms with Crippen LogP contribution < -0.4 is 10.2 Å². The summed E-state index contributed by atoms with van der Waals surface area (Å²) in [7, 11) is 0. The summed E-state index contributed by atoms with van der Waals surface area (Å²) >= 11 is 1.85. The van der Waals surface area contributed by atoms with E-state index in [0.29, 0.717) is 25.9 Å². The molecule has 0 aliphatic carbocycles. The van der Waals surface area contributed by atoms with E-state index in [1.165, 1.54) is 16.1 Å². The maximum Gasteiger partial charge on any atom is 0.246 e. The van der Waals surface area contributed by atoms with Gasteiger partial charge in [-0.1, -0.05) is 30.3 Å². The number of rotatable bonds is 5. The van der Waals surface area contributed by atoms with Gasteiger partial charge >= 0.3 is 0 Å². The molecule has 1 fully saturated rings. The molecule has 3 heterocycles. The molecule has 5 nitrogen and oxygen atoms in total. The number of hydrogen-bond donors (Lipinski definition) is 1. The minimum absolute atomic E-state index is 0.00517. The van der Waals surface area contributed by atoms with E-state index in [4.69, 9.17) is 0 Å². The summed E-state index contributed by atoms with van der Waals surface area (Å²) in [6.45, 7) is 3.18. The topological polar surface area (TPSA) is 52.7 Å². The molecule has 0 spiro atoms. The normalized spacial score (nSPS) is 16.5. The van der Waals surface area contributed by atoms with Gasteiger partial charge in [-0.05, 0) is 72.2 Å². The maximum absolute atomic E-state index is 12.8. The van der Waals surface area contributed by atoms with Gasteiger partial charge in [0.15, 0.2) is 0 Å². The predicted octanol–water partition coefficient (Wildman–Crippen LogP) is 5.20. The number of piperidine rings is 1. The Morgan fingerprint density at radius 2 is 1.71 bits per heavy atom. The summed E-state index contributed by atoms with van der Waals surface area (Å²) < 4.78 is 0. The molecule has 0 radical (unpaired) electrons. The van der Waals surface area contributed by atoms with Crippen molar-refractivity contribution in [2.75, 3.05) is 29.9 Å². The van der Waals surface area contributed by atoms with E-state index >= 15 is 0 Å². The van der Waals surface area contributed by atoms with Crippen LogP contribution in [0, 0.1) is 5.92 Å². The Bertz CT molecular complexity index is 1160. The molecule has 174 valence electrons. The number of carbonyl (C=O) groups excluding carboxylic acids is 2. The standard InChI is InChI=1S/C28H29N3O2S/c32-27(11-6-21-4-2-1-3-5-21)30-16-12-22(13-17-30)28(33)29-24-7-9-25(10-8-24)31-18-14-26-23(20-31)15-19-34-26/h1-11,15,19,22H,12-14,16-18,20H2,(H,29,33)/b11-6+. The van der Waals surface area contributed by atoms with Crippen LogP contribution in [0.15, 0.2) is 72.1 Å². The highest BCUT2D eigenvalue weighted by Crippen LogP contribution is 2.29. The van der Waals surface area contributed by atoms with Crippen LogP contribution in [0.2, 0.25) is 0 Å². The first-order valence-electron chi connectivity index (χ1n) is 11.9. The maximum atomic E-state index is 12.8. The highest BCUT2D eigenvalue weighted by Gasteiger charge is 2.26. The van der Waals surface area contributed by atoms with E-state index in [9.17, 15) is 9.59 Å². The van der Waals surface area contributed by atoms with Crippen LogP contribution in [0.3, 0.4) is 0 Å². The molecule has 1 saturated heterocycles. The van der Waals surface area contributed by atoms with Crippen molar-refractivity contribution in [3.8, 4) is 0 Å². The number of nitrogens with one attached hydrogen (secondary N) is 1. The Labute approximate surface area is 204 Å². The number of amides is 2. The zero-order valence-electron chi connectivity index (χ0n) is 19.2. The van der Waals surface area contributed by atoms with Crippen molar-refractivity contribution in [3.63, 3.8) is 0 Å². The average Bonchev–Trinajstić information content (AvgIpc) is 3.36. The third-order valence-electron chi connectivity index (χ3n) is 6.70. The van der Waals surface area contributed by atoms with Crippen molar-refractivity contribution in [2.45, 2.75) is 25.8 Å². The molecule has 0 bridgehead atoms. The first-order valence-corrected chi connectivity index (χ1v) is 12.8. The molecule has 2 aliphatic rings. The van der Waals surface area contributed by atoms with Crippen molar-refractivity contribution in [1.82, 2.24) is 4.90 Å². The minimum atomic E-state index is -0.0686. The van der Waals surface area contributed by atoms with Gasteiger partial charge in [-0.25, -0.2) is 0 Å². The first-order chi connectivity index (χ1) is 16.7. The molecular formula is C28H29N3O2S. The van der Waals surface area contributed by atoms with Crippen molar-refractivity contribution >= 4 is 40.6 Å². The fourth-order valence-electron chi connectivity index (χ4n) is 4.67. The van der Waals surface area contributed by atoms with Crippen molar-refractivity contribution in [3.05, 3.63) is 88.1 Å². The highest BCUT2D eigenvalue weighted by atomic mass is 32.1. The van der Waals surface area contributed by atoms with Crippen LogP contribution in [0.5, 0.6) is 0 Å². The van der Waals surface area contributed by atoms with E-state index in [-0.39, 0.29) is 17.7 Å². The lowest BCUT2D eigenvalue weighted by molar-refractivity contribution is -0.130. The van der Waals surface area contributed by atoms with Crippen molar-refractivity contribution < 1.29 is 9.59 Å². The minimum Gasteiger partial charge on any atom is -0.367 e. The average molecular weight is 472 g/mol. The molecule has 34 heavy (non-hydrogen) atoms.